The molecule has 5 fully saturated rings. The molecule has 22 nitrogen and oxygen atoms in total. The van der Waals surface area contributed by atoms with E-state index in [-0.39, 0.29) is 17.2 Å². The molecular formula is C61H74Cl4N18O4S. The number of amides is 2. The van der Waals surface area contributed by atoms with Gasteiger partial charge in [0.2, 0.25) is 11.8 Å². The fourth-order valence-electron chi connectivity index (χ4n) is 13.8. The smallest absolute Gasteiger partial charge is 0.276 e. The van der Waals surface area contributed by atoms with Crippen molar-refractivity contribution in [3.05, 3.63) is 111 Å². The van der Waals surface area contributed by atoms with Crippen molar-refractivity contribution in [1.29, 1.82) is 0 Å². The van der Waals surface area contributed by atoms with Crippen LogP contribution >= 0.6 is 46.4 Å². The molecule has 5 aromatic heterocycles. The molecule has 5 saturated heterocycles. The maximum Gasteiger partial charge on any atom is 0.276 e. The molecule has 6 N–H and O–H groups in total. The van der Waals surface area contributed by atoms with Crippen molar-refractivity contribution in [3.8, 4) is 0 Å². The SMILES string of the molecule is CC(=O)N1CC2(CCN(c3cc(Cl)cc4[nH]ncc34)CC2)C1.CN(C)C(=O)CC1CCN(c2cc(Cl)cc3[nH]ncc23)CC1.Cn1cc2c(n1)CCN(c1cc(Cl)cc3[nH]ncc13)C2.NS(=O)(=O)N1CCC2(CCN(c3cc(Cl)cc4[nH]ncc34)CC2)C1. The number of hydrogen-bond donors (Lipinski definition) is 5. The summed E-state index contributed by atoms with van der Waals surface area (Å²) in [4.78, 5) is 36.2. The summed E-state index contributed by atoms with van der Waals surface area (Å²) in [7, 11) is 2.03. The van der Waals surface area contributed by atoms with Crippen molar-refractivity contribution in [2.45, 2.75) is 71.3 Å². The second kappa shape index (κ2) is 25.2. The molecule has 6 aliphatic rings. The number of fused-ring (bicyclic) bond motifs is 5. The molecule has 0 unspecified atom stereocenters. The minimum absolute atomic E-state index is 0.0526. The van der Waals surface area contributed by atoms with Crippen LogP contribution in [0.1, 0.15) is 69.5 Å². The zero-order valence-electron chi connectivity index (χ0n) is 49.9. The van der Waals surface area contributed by atoms with E-state index >= 15 is 0 Å². The largest absolute Gasteiger partial charge is 0.371 e. The van der Waals surface area contributed by atoms with E-state index in [0.717, 1.165) is 198 Å². The van der Waals surface area contributed by atoms with Gasteiger partial charge < -0.3 is 29.4 Å². The zero-order chi connectivity index (χ0) is 61.6. The third kappa shape index (κ3) is 13.2. The lowest BCUT2D eigenvalue weighted by atomic mass is 9.72. The zero-order valence-corrected chi connectivity index (χ0v) is 53.7. The molecule has 27 heteroatoms. The van der Waals surface area contributed by atoms with E-state index in [9.17, 15) is 18.0 Å². The van der Waals surface area contributed by atoms with Crippen LogP contribution in [0.25, 0.3) is 43.6 Å². The second-order valence-corrected chi connectivity index (χ2v) is 28.2. The van der Waals surface area contributed by atoms with E-state index in [4.69, 9.17) is 51.5 Å². The summed E-state index contributed by atoms with van der Waals surface area (Å²) in [5.41, 5.74) is 11.3. The fourth-order valence-corrected chi connectivity index (χ4v) is 15.4. The monoisotopic (exact) mass is 1290 g/mol. The number of benzene rings is 4. The number of carbonyl (C=O) groups is 2. The molecule has 4 aromatic carbocycles. The molecular weight excluding hydrogens is 1220 g/mol. The lowest BCUT2D eigenvalue weighted by Crippen LogP contribution is -2.61. The van der Waals surface area contributed by atoms with Crippen LogP contribution in [0, 0.1) is 16.7 Å². The first kappa shape index (κ1) is 61.4. The lowest BCUT2D eigenvalue weighted by molar-refractivity contribution is -0.142. The minimum atomic E-state index is -3.58. The molecule has 88 heavy (non-hydrogen) atoms. The quantitative estimate of drug-likeness (QED) is 0.0998. The van der Waals surface area contributed by atoms with Crippen molar-refractivity contribution < 1.29 is 18.0 Å². The first-order chi connectivity index (χ1) is 42.2. The van der Waals surface area contributed by atoms with Crippen LogP contribution in [-0.4, -0.2) is 171 Å². The Kier molecular flexibility index (Phi) is 17.6. The molecule has 0 aliphatic carbocycles. The molecule has 6 aliphatic heterocycles. The molecule has 466 valence electrons. The average Bonchev–Trinajstić information content (AvgIpc) is 3.52. The number of H-pyrrole nitrogens is 4. The summed E-state index contributed by atoms with van der Waals surface area (Å²) in [5, 5.41) is 45.4. The molecule has 0 radical (unpaired) electrons. The third-order valence-electron chi connectivity index (χ3n) is 18.8. The Labute approximate surface area is 531 Å². The predicted octanol–water partition coefficient (Wildman–Crippen LogP) is 9.80. The molecule has 2 amide bonds. The van der Waals surface area contributed by atoms with Crippen molar-refractivity contribution in [2.75, 3.05) is 106 Å². The van der Waals surface area contributed by atoms with Gasteiger partial charge in [-0.25, -0.2) is 5.14 Å². The highest BCUT2D eigenvalue weighted by Gasteiger charge is 2.46. The number of aromatic amines is 4. The Morgan fingerprint density at radius 2 is 1.00 bits per heavy atom. The summed E-state index contributed by atoms with van der Waals surface area (Å²) in [5.74, 6) is 0.895. The number of nitrogens with zero attached hydrogens (tertiary/aromatic N) is 13. The molecule has 0 saturated carbocycles. The van der Waals surface area contributed by atoms with E-state index in [1.165, 1.54) is 15.6 Å². The lowest BCUT2D eigenvalue weighted by Gasteiger charge is -2.54. The van der Waals surface area contributed by atoms with Gasteiger partial charge in [0.05, 0.1) is 52.5 Å². The number of anilines is 4. The Morgan fingerprint density at radius 1 is 0.591 bits per heavy atom. The van der Waals surface area contributed by atoms with Crippen molar-refractivity contribution in [2.24, 2.45) is 28.9 Å². The second-order valence-electron chi connectivity index (χ2n) is 24.9. The first-order valence-electron chi connectivity index (χ1n) is 29.9. The fraction of sp³-hybridized carbons (Fsp3) is 0.459. The van der Waals surface area contributed by atoms with E-state index in [2.05, 4.69) is 71.7 Å². The Hall–Kier alpha value is -6.86. The number of piperidine rings is 3. The van der Waals surface area contributed by atoms with Crippen LogP contribution in [0.15, 0.2) is 79.5 Å². The maximum atomic E-state index is 11.8. The summed E-state index contributed by atoms with van der Waals surface area (Å²) in [6.07, 6.45) is 18.2. The van der Waals surface area contributed by atoms with Crippen LogP contribution in [-0.2, 0) is 39.8 Å². The summed E-state index contributed by atoms with van der Waals surface area (Å²) in [6, 6.07) is 15.6. The van der Waals surface area contributed by atoms with Gasteiger partial charge in [-0.05, 0) is 105 Å². The Morgan fingerprint density at radius 3 is 1.41 bits per heavy atom. The van der Waals surface area contributed by atoms with Gasteiger partial charge in [-0.1, -0.05) is 46.4 Å². The van der Waals surface area contributed by atoms with Crippen LogP contribution < -0.4 is 24.7 Å². The van der Waals surface area contributed by atoms with Gasteiger partial charge in [-0.2, -0.15) is 38.2 Å². The predicted molar refractivity (Wildman–Crippen MR) is 350 cm³/mol. The number of rotatable bonds is 7. The van der Waals surface area contributed by atoms with Crippen LogP contribution in [0.5, 0.6) is 0 Å². The highest BCUT2D eigenvalue weighted by Crippen LogP contribution is 2.45. The number of nitrogens with one attached hydrogen (secondary N) is 4. The molecule has 9 aromatic rings. The molecule has 11 heterocycles. The van der Waals surface area contributed by atoms with Crippen LogP contribution in [0.2, 0.25) is 20.1 Å². The number of hydrogen-bond acceptors (Lipinski definition) is 13. The number of aromatic nitrogens is 10. The van der Waals surface area contributed by atoms with Gasteiger partial charge >= 0.3 is 0 Å². The van der Waals surface area contributed by atoms with Gasteiger partial charge in [0.15, 0.2) is 0 Å². The van der Waals surface area contributed by atoms with Crippen molar-refractivity contribution >= 4 is 135 Å². The topological polar surface area (TPSA) is 250 Å². The Balaban J connectivity index is 0.000000114. The van der Waals surface area contributed by atoms with Crippen molar-refractivity contribution in [1.82, 2.24) is 64.7 Å². The number of likely N-dealkylation sites (tertiary alicyclic amines) is 1. The third-order valence-corrected chi connectivity index (χ3v) is 20.7. The molecule has 0 atom stereocenters. The van der Waals surface area contributed by atoms with E-state index < -0.39 is 10.2 Å². The number of nitrogens with two attached hydrogens (primary N) is 1. The van der Waals surface area contributed by atoms with Gasteiger partial charge in [0.1, 0.15) is 0 Å². The van der Waals surface area contributed by atoms with Crippen LogP contribution in [0.4, 0.5) is 22.7 Å². The Bertz CT molecular complexity index is 4110. The highest BCUT2D eigenvalue weighted by atomic mass is 35.5. The molecule has 15 rings (SSSR count). The highest BCUT2D eigenvalue weighted by molar-refractivity contribution is 7.86. The van der Waals surface area contributed by atoms with Gasteiger partial charge in [-0.3, -0.25) is 34.7 Å². The number of carbonyl (C=O) groups excluding carboxylic acids is 2. The van der Waals surface area contributed by atoms with E-state index in [1.54, 1.807) is 11.8 Å². The van der Waals surface area contributed by atoms with E-state index in [1.807, 2.05) is 104 Å². The van der Waals surface area contributed by atoms with Gasteiger partial charge in [0.25, 0.3) is 10.2 Å². The average molecular weight is 1300 g/mol. The van der Waals surface area contributed by atoms with Crippen molar-refractivity contribution in [3.63, 3.8) is 0 Å². The first-order valence-corrected chi connectivity index (χ1v) is 32.9. The molecule has 0 bridgehead atoms. The summed E-state index contributed by atoms with van der Waals surface area (Å²) < 4.78 is 26.4. The number of halogens is 4. The van der Waals surface area contributed by atoms with Crippen LogP contribution in [0.3, 0.4) is 0 Å². The maximum absolute atomic E-state index is 11.8. The van der Waals surface area contributed by atoms with E-state index in [0.29, 0.717) is 35.9 Å². The number of aryl methyl sites for hydroxylation is 1. The van der Waals surface area contributed by atoms with Gasteiger partial charge in [0, 0.05) is 201 Å². The normalized spacial score (nSPS) is 18.5. The summed E-state index contributed by atoms with van der Waals surface area (Å²) >= 11 is 24.9. The molecule has 2 spiro atoms. The van der Waals surface area contributed by atoms with Gasteiger partial charge in [-0.15, -0.1) is 0 Å². The summed E-state index contributed by atoms with van der Waals surface area (Å²) in [6.45, 7) is 12.0. The minimum Gasteiger partial charge on any atom is -0.371 e. The standard InChI is InChI=1S/C16H19ClN4O.C16H21ClN4O.C15H20ClN5O2S.C14H14ClN5/c1-11(22)21-9-16(10-21)2-4-20(5-3-16)15-7-12(17)6-14-13(15)8-18-19-14;1-20(2)16(22)7-11-3-5-21(6-4-11)15-9-12(17)8-14-13(15)10-18-19-14;16-11-7-13-12(9-18-19-13)14(8-11)20-4-1-15(2-5-20)3-6-21(10-15)24(17,22)23;1-19-7-9-8-20(3-2-12(9)18-19)14-5-10(15)4-13-11(14)6-16-17-13/h6-8H,2-5,9-10H2,1H3,(H,18,19);8-11H,3-7H2,1-2H3,(H,18,19);7-9H,1-6,10H2,(H,18,19)(H2,17,22,23);4-7H,2-3,8H2,1H3,(H,16,17).